The number of carboxylic acids is 1. The third-order valence-electron chi connectivity index (χ3n) is 6.75. The molecule has 1 aromatic rings. The monoisotopic (exact) mass is 538 g/mol. The Morgan fingerprint density at radius 1 is 0.763 bits per heavy atom. The number of carbonyl (C=O) groups is 2. The molecule has 0 unspecified atom stereocenters. The second-order valence-corrected chi connectivity index (χ2v) is 10.2. The smallest absolute Gasteiger partial charge is 0.862 e. The molecule has 1 aromatic carbocycles. The maximum absolute atomic E-state index is 12.8. The molecule has 0 heterocycles. The van der Waals surface area contributed by atoms with Crippen LogP contribution in [0.25, 0.3) is 0 Å². The van der Waals surface area contributed by atoms with E-state index < -0.39 is 12.0 Å². The Hall–Kier alpha value is -1.37. The van der Waals surface area contributed by atoms with Crippen LogP contribution in [-0.2, 0) is 9.59 Å². The number of aliphatic imine (C=N–C) groups is 1. The first-order valence-electron chi connectivity index (χ1n) is 14.8. The van der Waals surface area contributed by atoms with Crippen molar-refractivity contribution in [3.63, 3.8) is 0 Å². The molecule has 7 heteroatoms. The van der Waals surface area contributed by atoms with E-state index in [4.69, 9.17) is 5.11 Å². The molecule has 1 atom stereocenters. The Bertz CT molecular complexity index is 743. The second-order valence-electron chi connectivity index (χ2n) is 10.2. The third-order valence-corrected chi connectivity index (χ3v) is 6.75. The van der Waals surface area contributed by atoms with Crippen molar-refractivity contribution >= 4 is 17.8 Å². The first-order chi connectivity index (χ1) is 18.0. The van der Waals surface area contributed by atoms with Crippen molar-refractivity contribution in [1.82, 2.24) is 5.32 Å². The number of aliphatic carboxylic acids is 1. The molecule has 1 rings (SSSR count). The van der Waals surface area contributed by atoms with Crippen LogP contribution in [0.15, 0.2) is 35.3 Å². The van der Waals surface area contributed by atoms with Gasteiger partial charge in [-0.05, 0) is 37.1 Å². The number of amides is 1. The summed E-state index contributed by atoms with van der Waals surface area (Å²) in [6, 6.07) is 8.48. The van der Waals surface area contributed by atoms with Crippen LogP contribution in [0, 0.1) is 0 Å². The van der Waals surface area contributed by atoms with Crippen molar-refractivity contribution in [2.75, 3.05) is 6.54 Å². The molecule has 0 aromatic heterocycles. The molecule has 0 bridgehead atoms. The molecule has 210 valence electrons. The standard InChI is InChI=1S/C31H52N2O4.Na/c1-2-3-4-5-6-7-8-9-10-11-13-19-24-28(34)33-30(27-22-17-16-18-23-27)31(37)32-26-21-15-12-14-20-25-29(35)36;/h16-18,22-23,30H,2-15,19-21,24-26H2,1H3,(H,32,37)(H,33,34)(H,35,36);/q;+1/p-1/t30-;/m0./s1. The molecule has 0 aliphatic heterocycles. The van der Waals surface area contributed by atoms with Crippen LogP contribution in [0.3, 0.4) is 0 Å². The van der Waals surface area contributed by atoms with Gasteiger partial charge in [0, 0.05) is 13.0 Å². The number of carboxylic acid groups (broad SMARTS) is 1. The van der Waals surface area contributed by atoms with E-state index in [2.05, 4.69) is 17.2 Å². The van der Waals surface area contributed by atoms with Gasteiger partial charge in [-0.1, -0.05) is 127 Å². The summed E-state index contributed by atoms with van der Waals surface area (Å²) in [7, 11) is 0. The van der Waals surface area contributed by atoms with E-state index in [0.29, 0.717) is 19.4 Å². The predicted octanol–water partition coefficient (Wildman–Crippen LogP) is 4.12. The van der Waals surface area contributed by atoms with Gasteiger partial charge in [-0.3, -0.25) is 14.6 Å². The van der Waals surface area contributed by atoms with Crippen LogP contribution in [0.4, 0.5) is 0 Å². The molecule has 2 N–H and O–H groups in total. The van der Waals surface area contributed by atoms with Crippen molar-refractivity contribution in [2.45, 2.75) is 135 Å². The average molecular weight is 539 g/mol. The predicted molar refractivity (Wildman–Crippen MR) is 151 cm³/mol. The molecule has 0 spiro atoms. The Labute approximate surface area is 253 Å². The molecule has 0 radical (unpaired) electrons. The number of nitrogens with zero attached hydrogens (tertiary/aromatic N) is 1. The Kier molecular flexibility index (Phi) is 25.0. The molecular formula is C31H51N2NaO4. The van der Waals surface area contributed by atoms with Gasteiger partial charge in [0.15, 0.2) is 6.04 Å². The number of unbranched alkanes of at least 4 members (excludes halogenated alkanes) is 15. The van der Waals surface area contributed by atoms with E-state index in [9.17, 15) is 14.7 Å². The summed E-state index contributed by atoms with van der Waals surface area (Å²) in [4.78, 5) is 27.7. The SMILES string of the molecule is CCCCCCCCCCCCCCC([O-])=N[C@H](C(=O)NCCCCCCCC(=O)O)c1ccccc1.[Na+]. The molecule has 38 heavy (non-hydrogen) atoms. The normalized spacial score (nSPS) is 12.1. The third kappa shape index (κ3) is 20.6. The summed E-state index contributed by atoms with van der Waals surface area (Å²) < 4.78 is 0. The number of hydrogen-bond acceptors (Lipinski definition) is 4. The number of rotatable bonds is 24. The first-order valence-corrected chi connectivity index (χ1v) is 14.8. The van der Waals surface area contributed by atoms with Crippen LogP contribution in [0.2, 0.25) is 0 Å². The van der Waals surface area contributed by atoms with E-state index in [1.54, 1.807) is 0 Å². The maximum Gasteiger partial charge on any atom is 1.00 e. The molecule has 0 saturated heterocycles. The van der Waals surface area contributed by atoms with Crippen LogP contribution in [-0.4, -0.2) is 29.4 Å². The summed E-state index contributed by atoms with van der Waals surface area (Å²) in [5, 5.41) is 24.2. The van der Waals surface area contributed by atoms with Gasteiger partial charge in [0.1, 0.15) is 0 Å². The van der Waals surface area contributed by atoms with Crippen molar-refractivity contribution in [3.8, 4) is 0 Å². The zero-order chi connectivity index (χ0) is 27.0. The molecule has 0 aliphatic carbocycles. The second kappa shape index (κ2) is 25.9. The van der Waals surface area contributed by atoms with Gasteiger partial charge in [0.05, 0.1) is 0 Å². The largest absolute Gasteiger partial charge is 1.00 e. The minimum atomic E-state index is -0.804. The van der Waals surface area contributed by atoms with Crippen LogP contribution < -0.4 is 40.0 Å². The van der Waals surface area contributed by atoms with Crippen LogP contribution in [0.1, 0.15) is 141 Å². The van der Waals surface area contributed by atoms with E-state index in [1.807, 2.05) is 30.3 Å². The van der Waals surface area contributed by atoms with Crippen molar-refractivity contribution in [3.05, 3.63) is 35.9 Å². The van der Waals surface area contributed by atoms with Gasteiger partial charge < -0.3 is 15.5 Å². The number of carbonyl (C=O) groups excluding carboxylic acids is 1. The van der Waals surface area contributed by atoms with Crippen LogP contribution >= 0.6 is 0 Å². The fraction of sp³-hybridized carbons (Fsp3) is 0.710. The van der Waals surface area contributed by atoms with Crippen molar-refractivity contribution < 1.29 is 49.4 Å². The van der Waals surface area contributed by atoms with E-state index >= 15 is 0 Å². The summed E-state index contributed by atoms with van der Waals surface area (Å²) in [5.74, 6) is -1.19. The van der Waals surface area contributed by atoms with E-state index in [-0.39, 0.29) is 47.8 Å². The zero-order valence-corrected chi connectivity index (χ0v) is 26.2. The Balaban J connectivity index is 0.0000137. The molecule has 0 fully saturated rings. The summed E-state index contributed by atoms with van der Waals surface area (Å²) >= 11 is 0. The number of hydrogen-bond donors (Lipinski definition) is 2. The van der Waals surface area contributed by atoms with Crippen LogP contribution in [0.5, 0.6) is 0 Å². The summed E-state index contributed by atoms with van der Waals surface area (Å²) in [5.41, 5.74) is 0.733. The summed E-state index contributed by atoms with van der Waals surface area (Å²) in [6.45, 7) is 2.78. The Morgan fingerprint density at radius 3 is 1.76 bits per heavy atom. The minimum Gasteiger partial charge on any atom is -0.862 e. The summed E-state index contributed by atoms with van der Waals surface area (Å²) in [6.07, 6.45) is 19.9. The maximum atomic E-state index is 12.8. The molecule has 6 nitrogen and oxygen atoms in total. The van der Waals surface area contributed by atoms with E-state index in [1.165, 1.54) is 57.8 Å². The van der Waals surface area contributed by atoms with Gasteiger partial charge in [0.2, 0.25) is 5.91 Å². The average Bonchev–Trinajstić information content (AvgIpc) is 2.89. The fourth-order valence-corrected chi connectivity index (χ4v) is 4.49. The van der Waals surface area contributed by atoms with Gasteiger partial charge in [-0.15, -0.1) is 0 Å². The van der Waals surface area contributed by atoms with Crippen molar-refractivity contribution in [2.24, 2.45) is 4.99 Å². The number of nitrogens with one attached hydrogen (secondary N) is 1. The minimum absolute atomic E-state index is 0. The zero-order valence-electron chi connectivity index (χ0n) is 24.2. The Morgan fingerprint density at radius 2 is 1.24 bits per heavy atom. The van der Waals surface area contributed by atoms with Gasteiger partial charge >= 0.3 is 35.5 Å². The molecule has 1 amide bonds. The first kappa shape index (κ1) is 36.6. The quantitative estimate of drug-likeness (QED) is 0.0895. The van der Waals surface area contributed by atoms with Gasteiger partial charge in [0.25, 0.3) is 0 Å². The molecule has 0 saturated carbocycles. The van der Waals surface area contributed by atoms with Crippen molar-refractivity contribution in [1.29, 1.82) is 0 Å². The number of benzene rings is 1. The molecule has 0 aliphatic rings. The van der Waals surface area contributed by atoms with Gasteiger partial charge in [-0.25, -0.2) is 0 Å². The fourth-order valence-electron chi connectivity index (χ4n) is 4.49. The van der Waals surface area contributed by atoms with Gasteiger partial charge in [-0.2, -0.15) is 0 Å². The van der Waals surface area contributed by atoms with E-state index in [0.717, 1.165) is 50.5 Å². The topological polar surface area (TPSA) is 102 Å². The molecular weight excluding hydrogens is 487 g/mol.